The van der Waals surface area contributed by atoms with Crippen LogP contribution in [0.5, 0.6) is 0 Å². The third-order valence-electron chi connectivity index (χ3n) is 2.19. The lowest BCUT2D eigenvalue weighted by Crippen LogP contribution is -2.05. The highest BCUT2D eigenvalue weighted by molar-refractivity contribution is 7.92. The van der Waals surface area contributed by atoms with E-state index < -0.39 is 9.84 Å². The Morgan fingerprint density at radius 2 is 1.89 bits per heavy atom. The summed E-state index contributed by atoms with van der Waals surface area (Å²) in [6.07, 6.45) is 1.09. The van der Waals surface area contributed by atoms with Crippen molar-refractivity contribution < 1.29 is 13.2 Å². The Morgan fingerprint density at radius 1 is 1.26 bits per heavy atom. The Hall–Kier alpha value is -1.80. The minimum absolute atomic E-state index is 0.00608. The Morgan fingerprint density at radius 3 is 2.37 bits per heavy atom. The van der Waals surface area contributed by atoms with Crippen molar-refractivity contribution in [3.05, 3.63) is 24.3 Å². The smallest absolute Gasteiger partial charge is 0.228 e. The lowest BCUT2D eigenvalue weighted by Gasteiger charge is -2.01. The zero-order valence-corrected chi connectivity index (χ0v) is 11.9. The van der Waals surface area contributed by atoms with Crippen LogP contribution in [0.4, 0.5) is 5.69 Å². The van der Waals surface area contributed by atoms with Crippen molar-refractivity contribution in [3.63, 3.8) is 0 Å². The standard InChI is InChI=1S/C11H11N3O3S2/c1-7(15)12-9-5-3-8(4-6-9)10-13-11(18-14-10)19(2,16)17/h3-6H,1-2H3,(H,12,15). The Kier molecular flexibility index (Phi) is 3.63. The van der Waals surface area contributed by atoms with Gasteiger partial charge < -0.3 is 5.32 Å². The first-order valence-electron chi connectivity index (χ1n) is 5.28. The fraction of sp³-hybridized carbons (Fsp3) is 0.182. The maximum absolute atomic E-state index is 11.3. The molecule has 1 N–H and O–H groups in total. The summed E-state index contributed by atoms with van der Waals surface area (Å²) in [5.74, 6) is 0.207. The van der Waals surface area contributed by atoms with E-state index in [0.29, 0.717) is 17.1 Å². The van der Waals surface area contributed by atoms with E-state index in [1.807, 2.05) is 0 Å². The number of amides is 1. The molecule has 0 atom stereocenters. The SMILES string of the molecule is CC(=O)Nc1ccc(-c2nsc(S(C)(=O)=O)n2)cc1. The van der Waals surface area contributed by atoms with Crippen molar-refractivity contribution in [1.82, 2.24) is 9.36 Å². The van der Waals surface area contributed by atoms with E-state index in [4.69, 9.17) is 0 Å². The third kappa shape index (κ3) is 3.36. The van der Waals surface area contributed by atoms with Crippen LogP contribution in [-0.4, -0.2) is 29.9 Å². The van der Waals surface area contributed by atoms with Gasteiger partial charge in [0.25, 0.3) is 0 Å². The van der Waals surface area contributed by atoms with Gasteiger partial charge in [0.1, 0.15) is 0 Å². The maximum Gasteiger partial charge on any atom is 0.228 e. The molecule has 0 aliphatic rings. The Balaban J connectivity index is 2.28. The molecule has 0 bridgehead atoms. The second kappa shape index (κ2) is 5.06. The largest absolute Gasteiger partial charge is 0.326 e. The second-order valence-electron chi connectivity index (χ2n) is 3.91. The van der Waals surface area contributed by atoms with Crippen molar-refractivity contribution in [2.24, 2.45) is 0 Å². The minimum atomic E-state index is -3.33. The first-order chi connectivity index (χ1) is 8.86. The van der Waals surface area contributed by atoms with Gasteiger partial charge in [-0.25, -0.2) is 13.4 Å². The molecule has 2 aromatic rings. The zero-order chi connectivity index (χ0) is 14.0. The molecule has 0 saturated heterocycles. The van der Waals surface area contributed by atoms with E-state index in [1.54, 1.807) is 24.3 Å². The minimum Gasteiger partial charge on any atom is -0.326 e. The zero-order valence-electron chi connectivity index (χ0n) is 10.2. The molecular formula is C11H11N3O3S2. The van der Waals surface area contributed by atoms with E-state index in [-0.39, 0.29) is 10.2 Å². The summed E-state index contributed by atoms with van der Waals surface area (Å²) in [4.78, 5) is 14.9. The summed E-state index contributed by atoms with van der Waals surface area (Å²) in [5, 5.41) is 2.64. The van der Waals surface area contributed by atoms with E-state index in [1.165, 1.54) is 6.92 Å². The molecule has 6 nitrogen and oxygen atoms in total. The van der Waals surface area contributed by atoms with Gasteiger partial charge in [-0.05, 0) is 35.8 Å². The van der Waals surface area contributed by atoms with Crippen molar-refractivity contribution in [2.75, 3.05) is 11.6 Å². The maximum atomic E-state index is 11.3. The molecule has 2 rings (SSSR count). The molecule has 0 fully saturated rings. The van der Waals surface area contributed by atoms with Crippen LogP contribution >= 0.6 is 11.5 Å². The molecule has 0 aliphatic carbocycles. The van der Waals surface area contributed by atoms with Gasteiger partial charge in [-0.1, -0.05) is 0 Å². The van der Waals surface area contributed by atoms with Gasteiger partial charge in [-0.15, -0.1) is 0 Å². The molecule has 19 heavy (non-hydrogen) atoms. The van der Waals surface area contributed by atoms with E-state index in [0.717, 1.165) is 17.8 Å². The number of carbonyl (C=O) groups excluding carboxylic acids is 1. The van der Waals surface area contributed by atoms with Crippen molar-refractivity contribution in [2.45, 2.75) is 11.3 Å². The fourth-order valence-electron chi connectivity index (χ4n) is 1.38. The summed E-state index contributed by atoms with van der Waals surface area (Å²) in [6, 6.07) is 6.86. The predicted octanol–water partition coefficient (Wildman–Crippen LogP) is 1.57. The molecule has 1 amide bonds. The van der Waals surface area contributed by atoms with Gasteiger partial charge in [0.15, 0.2) is 5.82 Å². The van der Waals surface area contributed by atoms with Crippen LogP contribution in [0.1, 0.15) is 6.92 Å². The average Bonchev–Trinajstić information content (AvgIpc) is 2.78. The first kappa shape index (κ1) is 13.6. The normalized spacial score (nSPS) is 11.3. The quantitative estimate of drug-likeness (QED) is 0.928. The van der Waals surface area contributed by atoms with Gasteiger partial charge in [-0.3, -0.25) is 4.79 Å². The van der Waals surface area contributed by atoms with Gasteiger partial charge in [0, 0.05) is 24.4 Å². The number of nitrogens with one attached hydrogen (secondary N) is 1. The van der Waals surface area contributed by atoms with Crippen LogP contribution in [0, 0.1) is 0 Å². The fourth-order valence-corrected chi connectivity index (χ4v) is 2.73. The lowest BCUT2D eigenvalue weighted by molar-refractivity contribution is -0.114. The van der Waals surface area contributed by atoms with Crippen molar-refractivity contribution in [1.29, 1.82) is 0 Å². The summed E-state index contributed by atoms with van der Waals surface area (Å²) in [6.45, 7) is 1.42. The molecule has 100 valence electrons. The van der Waals surface area contributed by atoms with E-state index in [9.17, 15) is 13.2 Å². The summed E-state index contributed by atoms with van der Waals surface area (Å²) in [5.41, 5.74) is 1.36. The highest BCUT2D eigenvalue weighted by atomic mass is 32.2. The van der Waals surface area contributed by atoms with E-state index >= 15 is 0 Å². The molecule has 0 radical (unpaired) electrons. The topological polar surface area (TPSA) is 89.0 Å². The number of anilines is 1. The molecule has 0 saturated carbocycles. The number of aromatic nitrogens is 2. The van der Waals surface area contributed by atoms with Crippen LogP contribution in [0.2, 0.25) is 0 Å². The molecule has 1 heterocycles. The summed E-state index contributed by atoms with van der Waals surface area (Å²) < 4.78 is 26.6. The monoisotopic (exact) mass is 297 g/mol. The molecule has 0 unspecified atom stereocenters. The predicted molar refractivity (Wildman–Crippen MR) is 72.8 cm³/mol. The van der Waals surface area contributed by atoms with Crippen LogP contribution in [0.3, 0.4) is 0 Å². The van der Waals surface area contributed by atoms with Crippen LogP contribution in [0.25, 0.3) is 11.4 Å². The average molecular weight is 297 g/mol. The van der Waals surface area contributed by atoms with Crippen molar-refractivity contribution >= 4 is 33.0 Å². The summed E-state index contributed by atoms with van der Waals surface area (Å²) >= 11 is 0.847. The Labute approximate surface area is 114 Å². The number of carbonyl (C=O) groups is 1. The number of rotatable bonds is 3. The molecule has 0 spiro atoms. The molecule has 0 aliphatic heterocycles. The molecule has 8 heteroatoms. The van der Waals surface area contributed by atoms with Gasteiger partial charge >= 0.3 is 0 Å². The van der Waals surface area contributed by atoms with Crippen molar-refractivity contribution in [3.8, 4) is 11.4 Å². The highest BCUT2D eigenvalue weighted by Crippen LogP contribution is 2.22. The van der Waals surface area contributed by atoms with Crippen LogP contribution in [-0.2, 0) is 14.6 Å². The number of sulfone groups is 1. The van der Waals surface area contributed by atoms with Gasteiger partial charge in [0.2, 0.25) is 20.1 Å². The number of nitrogens with zero attached hydrogens (tertiary/aromatic N) is 2. The van der Waals surface area contributed by atoms with Gasteiger partial charge in [0.05, 0.1) is 0 Å². The third-order valence-corrected chi connectivity index (χ3v) is 4.56. The molecule has 1 aromatic heterocycles. The molecule has 1 aromatic carbocycles. The second-order valence-corrected chi connectivity index (χ2v) is 6.86. The number of hydrogen-bond donors (Lipinski definition) is 1. The first-order valence-corrected chi connectivity index (χ1v) is 7.94. The van der Waals surface area contributed by atoms with Crippen LogP contribution < -0.4 is 5.32 Å². The highest BCUT2D eigenvalue weighted by Gasteiger charge is 2.15. The number of benzene rings is 1. The Bertz CT molecular complexity index is 705. The van der Waals surface area contributed by atoms with E-state index in [2.05, 4.69) is 14.7 Å². The van der Waals surface area contributed by atoms with Crippen LogP contribution in [0.15, 0.2) is 28.6 Å². The molecular weight excluding hydrogens is 286 g/mol. The lowest BCUT2D eigenvalue weighted by atomic mass is 10.2. The number of hydrogen-bond acceptors (Lipinski definition) is 6. The van der Waals surface area contributed by atoms with Gasteiger partial charge in [-0.2, -0.15) is 4.37 Å². The summed E-state index contributed by atoms with van der Waals surface area (Å²) in [7, 11) is -3.33.